The van der Waals surface area contributed by atoms with E-state index in [1.165, 1.54) is 10.4 Å². The van der Waals surface area contributed by atoms with E-state index in [-0.39, 0.29) is 22.6 Å². The first-order valence-electron chi connectivity index (χ1n) is 12.8. The average molecular weight is 577 g/mol. The zero-order chi connectivity index (χ0) is 28.9. The predicted molar refractivity (Wildman–Crippen MR) is 148 cm³/mol. The number of nitrogens with zero attached hydrogens (tertiary/aromatic N) is 2. The van der Waals surface area contributed by atoms with Gasteiger partial charge >= 0.3 is 6.36 Å². The number of piperazine rings is 1. The Bertz CT molecular complexity index is 1420. The summed E-state index contributed by atoms with van der Waals surface area (Å²) in [7, 11) is -3.21. The van der Waals surface area contributed by atoms with Gasteiger partial charge in [-0.15, -0.1) is 13.2 Å². The molecule has 3 aromatic rings. The topological polar surface area (TPSA) is 105 Å². The summed E-state index contributed by atoms with van der Waals surface area (Å²) in [6, 6.07) is 17.6. The highest BCUT2D eigenvalue weighted by atomic mass is 32.2. The molecule has 0 aromatic heterocycles. The molecule has 0 saturated carbocycles. The molecule has 12 heteroatoms. The minimum atomic E-state index is -4.96. The van der Waals surface area contributed by atoms with E-state index in [9.17, 15) is 26.4 Å². The van der Waals surface area contributed by atoms with Gasteiger partial charge in [0.05, 0.1) is 11.3 Å². The van der Waals surface area contributed by atoms with Crippen LogP contribution in [-0.2, 0) is 16.6 Å². The number of rotatable bonds is 9. The number of nitrogens with two attached hydrogens (primary N) is 1. The maximum Gasteiger partial charge on any atom is 0.573 e. The minimum Gasteiger partial charge on any atom is -0.405 e. The van der Waals surface area contributed by atoms with Crippen molar-refractivity contribution in [3.05, 3.63) is 77.9 Å². The highest BCUT2D eigenvalue weighted by Gasteiger charge is 2.33. The minimum absolute atomic E-state index is 0.00240. The first-order valence-corrected chi connectivity index (χ1v) is 14.4. The van der Waals surface area contributed by atoms with E-state index in [2.05, 4.69) is 15.0 Å². The highest BCUT2D eigenvalue weighted by Crippen LogP contribution is 2.37. The maximum absolute atomic E-state index is 13.1. The van der Waals surface area contributed by atoms with Gasteiger partial charge in [-0.3, -0.25) is 9.69 Å². The van der Waals surface area contributed by atoms with Crippen LogP contribution in [0.5, 0.6) is 5.75 Å². The van der Waals surface area contributed by atoms with Crippen LogP contribution in [0.25, 0.3) is 11.1 Å². The molecule has 1 heterocycles. The van der Waals surface area contributed by atoms with E-state index in [0.29, 0.717) is 50.4 Å². The molecule has 0 atom stereocenters. The van der Waals surface area contributed by atoms with Gasteiger partial charge in [0.25, 0.3) is 5.91 Å². The number of hydrogen-bond acceptors (Lipinski definition) is 6. The van der Waals surface area contributed by atoms with Crippen molar-refractivity contribution in [1.29, 1.82) is 0 Å². The van der Waals surface area contributed by atoms with E-state index in [1.54, 1.807) is 42.5 Å². The lowest BCUT2D eigenvalue weighted by atomic mass is 10.0. The zero-order valence-corrected chi connectivity index (χ0v) is 22.8. The van der Waals surface area contributed by atoms with Crippen LogP contribution in [0.15, 0.2) is 66.7 Å². The van der Waals surface area contributed by atoms with Crippen LogP contribution in [0.3, 0.4) is 0 Å². The lowest BCUT2D eigenvalue weighted by molar-refractivity contribution is -0.274. The van der Waals surface area contributed by atoms with Gasteiger partial charge in [0.1, 0.15) is 5.75 Å². The molecule has 8 nitrogen and oxygen atoms in total. The molecule has 0 radical (unpaired) electrons. The molecule has 1 aliphatic heterocycles. The second-order valence-electron chi connectivity index (χ2n) is 9.49. The van der Waals surface area contributed by atoms with Crippen molar-refractivity contribution in [2.45, 2.75) is 26.3 Å². The Kier molecular flexibility index (Phi) is 9.02. The molecule has 1 fully saturated rings. The summed E-state index contributed by atoms with van der Waals surface area (Å²) in [6.45, 7) is 4.57. The van der Waals surface area contributed by atoms with E-state index < -0.39 is 28.0 Å². The Morgan fingerprint density at radius 2 is 1.65 bits per heavy atom. The van der Waals surface area contributed by atoms with Crippen LogP contribution in [-0.4, -0.2) is 61.8 Å². The van der Waals surface area contributed by atoms with Gasteiger partial charge in [-0.05, 0) is 41.8 Å². The van der Waals surface area contributed by atoms with E-state index >= 15 is 0 Å². The van der Waals surface area contributed by atoms with Crippen molar-refractivity contribution >= 4 is 27.3 Å². The summed E-state index contributed by atoms with van der Waals surface area (Å²) >= 11 is 0. The number of hydrogen-bond donors (Lipinski definition) is 2. The summed E-state index contributed by atoms with van der Waals surface area (Å²) in [6.07, 6.45) is -4.38. The molecular formula is C28H31F3N4O4S. The first kappa shape index (κ1) is 29.4. The van der Waals surface area contributed by atoms with Crippen LogP contribution < -0.4 is 15.8 Å². The van der Waals surface area contributed by atoms with E-state index in [4.69, 9.17) is 5.73 Å². The first-order chi connectivity index (χ1) is 18.9. The third-order valence-electron chi connectivity index (χ3n) is 6.51. The van der Waals surface area contributed by atoms with Crippen molar-refractivity contribution in [3.8, 4) is 16.9 Å². The van der Waals surface area contributed by atoms with Gasteiger partial charge in [0.15, 0.2) is 0 Å². The van der Waals surface area contributed by atoms with Gasteiger partial charge in [-0.1, -0.05) is 49.4 Å². The van der Waals surface area contributed by atoms with Crippen molar-refractivity contribution in [1.82, 2.24) is 9.21 Å². The number of nitrogens with one attached hydrogen (secondary N) is 1. The van der Waals surface area contributed by atoms with E-state index in [1.807, 2.05) is 19.1 Å². The standard InChI is InChI=1S/C28H31F3N4O4S/c1-2-16-40(37,38)35-14-12-34(13-15-35)19-20-8-10-22(11-9-20)33-27(36)24-18-26(39-28(29,30)31)23(17-25(24)32)21-6-4-3-5-7-21/h3-11,17-18H,2,12-16,19,32H2,1H3,(H,33,36). The van der Waals surface area contributed by atoms with Crippen molar-refractivity contribution in [2.75, 3.05) is 43.0 Å². The molecule has 1 aliphatic rings. The normalized spacial score (nSPS) is 15.1. The van der Waals surface area contributed by atoms with Crippen LogP contribution in [0.1, 0.15) is 29.3 Å². The SMILES string of the molecule is CCCS(=O)(=O)N1CCN(Cc2ccc(NC(=O)c3cc(OC(F)(F)F)c(-c4ccccc4)cc3N)cc2)CC1. The third-order valence-corrected chi connectivity index (χ3v) is 8.59. The van der Waals surface area contributed by atoms with Crippen LogP contribution in [0, 0.1) is 0 Å². The third kappa shape index (κ3) is 7.52. The molecule has 3 N–H and O–H groups in total. The number of ether oxygens (including phenoxy) is 1. The fraction of sp³-hybridized carbons (Fsp3) is 0.321. The highest BCUT2D eigenvalue weighted by molar-refractivity contribution is 7.89. The molecule has 1 amide bonds. The molecule has 0 bridgehead atoms. The number of benzene rings is 3. The second kappa shape index (κ2) is 12.3. The molecule has 214 valence electrons. The van der Waals surface area contributed by atoms with E-state index in [0.717, 1.165) is 11.6 Å². The lowest BCUT2D eigenvalue weighted by Crippen LogP contribution is -2.48. The van der Waals surface area contributed by atoms with Gasteiger partial charge in [-0.2, -0.15) is 4.31 Å². The van der Waals surface area contributed by atoms with Crippen LogP contribution in [0.4, 0.5) is 24.5 Å². The Morgan fingerprint density at radius 3 is 2.25 bits per heavy atom. The summed E-state index contributed by atoms with van der Waals surface area (Å²) in [5, 5.41) is 2.67. The number of anilines is 2. The van der Waals surface area contributed by atoms with Crippen LogP contribution >= 0.6 is 0 Å². The lowest BCUT2D eigenvalue weighted by Gasteiger charge is -2.34. The van der Waals surface area contributed by atoms with Crippen molar-refractivity contribution < 1.29 is 31.1 Å². The summed E-state index contributed by atoms with van der Waals surface area (Å²) in [4.78, 5) is 15.1. The summed E-state index contributed by atoms with van der Waals surface area (Å²) < 4.78 is 69.7. The quantitative estimate of drug-likeness (QED) is 0.350. The number of carbonyl (C=O) groups is 1. The molecule has 4 rings (SSSR count). The van der Waals surface area contributed by atoms with Gasteiger partial charge in [-0.25, -0.2) is 8.42 Å². The molecule has 40 heavy (non-hydrogen) atoms. The van der Waals surface area contributed by atoms with Gasteiger partial charge < -0.3 is 15.8 Å². The Labute approximate surface area is 231 Å². The molecular weight excluding hydrogens is 545 g/mol. The number of nitrogen functional groups attached to an aromatic ring is 1. The summed E-state index contributed by atoms with van der Waals surface area (Å²) in [5.41, 5.74) is 7.91. The number of carbonyl (C=O) groups excluding carboxylic acids is 1. The monoisotopic (exact) mass is 576 g/mol. The molecule has 0 unspecified atom stereocenters. The number of halogens is 3. The zero-order valence-electron chi connectivity index (χ0n) is 21.9. The molecule has 3 aromatic carbocycles. The molecule has 1 saturated heterocycles. The summed E-state index contributed by atoms with van der Waals surface area (Å²) in [5.74, 6) is -1.06. The number of sulfonamides is 1. The van der Waals surface area contributed by atoms with Gasteiger partial charge in [0, 0.05) is 49.7 Å². The average Bonchev–Trinajstić information content (AvgIpc) is 2.90. The number of alkyl halides is 3. The molecule has 0 spiro atoms. The fourth-order valence-electron chi connectivity index (χ4n) is 4.55. The van der Waals surface area contributed by atoms with Crippen LogP contribution in [0.2, 0.25) is 0 Å². The predicted octanol–water partition coefficient (Wildman–Crippen LogP) is 4.94. The Hall–Kier alpha value is -3.61. The largest absolute Gasteiger partial charge is 0.573 e. The molecule has 0 aliphatic carbocycles. The smallest absolute Gasteiger partial charge is 0.405 e. The second-order valence-corrected chi connectivity index (χ2v) is 11.6. The Morgan fingerprint density at radius 1 is 1.00 bits per heavy atom. The fourth-order valence-corrected chi connectivity index (χ4v) is 6.04. The Balaban J connectivity index is 1.43. The van der Waals surface area contributed by atoms with Gasteiger partial charge in [0.2, 0.25) is 10.0 Å². The number of amides is 1. The maximum atomic E-state index is 13.1. The van der Waals surface area contributed by atoms with Crippen molar-refractivity contribution in [3.63, 3.8) is 0 Å². The van der Waals surface area contributed by atoms with Crippen molar-refractivity contribution in [2.24, 2.45) is 0 Å².